The lowest BCUT2D eigenvalue weighted by Crippen LogP contribution is -2.09. The molecule has 2 aromatic rings. The summed E-state index contributed by atoms with van der Waals surface area (Å²) in [5.41, 5.74) is 0.893. The van der Waals surface area contributed by atoms with Crippen molar-refractivity contribution in [2.75, 3.05) is 5.75 Å². The van der Waals surface area contributed by atoms with Crippen LogP contribution < -0.4 is 0 Å². The summed E-state index contributed by atoms with van der Waals surface area (Å²) in [4.78, 5) is 5.51. The molecule has 3 nitrogen and oxygen atoms in total. The minimum absolute atomic E-state index is 0.651. The van der Waals surface area contributed by atoms with E-state index in [1.807, 2.05) is 22.9 Å². The molecule has 1 aromatic heterocycles. The Hall–Kier alpha value is -1.26. The van der Waals surface area contributed by atoms with Crippen LogP contribution >= 0.6 is 11.8 Å². The fourth-order valence-corrected chi connectivity index (χ4v) is 2.72. The number of nitrogens with zero attached hydrogens (tertiary/aromatic N) is 2. The first kappa shape index (κ1) is 14.2. The summed E-state index contributed by atoms with van der Waals surface area (Å²) in [6, 6.07) is 8.07. The quantitative estimate of drug-likeness (QED) is 0.821. The molecule has 0 fully saturated rings. The first-order valence-corrected chi connectivity index (χ1v) is 7.66. The van der Waals surface area contributed by atoms with Crippen molar-refractivity contribution in [1.82, 2.24) is 9.55 Å². The van der Waals surface area contributed by atoms with Crippen molar-refractivity contribution in [3.8, 4) is 0 Å². The number of hydrogen-bond acceptors (Lipinski definition) is 3. The first-order chi connectivity index (χ1) is 9.26. The highest BCUT2D eigenvalue weighted by molar-refractivity contribution is 7.99. The fourth-order valence-electron chi connectivity index (χ4n) is 2.06. The average Bonchev–Trinajstić information content (AvgIpc) is 2.88. The molecular formula is C15H20N2OS. The van der Waals surface area contributed by atoms with Gasteiger partial charge in [-0.2, -0.15) is 0 Å². The lowest BCUT2D eigenvalue weighted by atomic mass is 10.1. The van der Waals surface area contributed by atoms with Crippen molar-refractivity contribution < 1.29 is 5.11 Å². The van der Waals surface area contributed by atoms with Gasteiger partial charge in [0.15, 0.2) is 0 Å². The molecule has 0 aliphatic heterocycles. The molecule has 1 heterocycles. The van der Waals surface area contributed by atoms with Crippen LogP contribution in [0.25, 0.3) is 0 Å². The summed E-state index contributed by atoms with van der Waals surface area (Å²) < 4.78 is 2.01. The highest BCUT2D eigenvalue weighted by atomic mass is 32.2. The number of aromatic nitrogens is 2. The van der Waals surface area contributed by atoms with E-state index >= 15 is 0 Å². The van der Waals surface area contributed by atoms with Gasteiger partial charge in [0.1, 0.15) is 11.9 Å². The van der Waals surface area contributed by atoms with Crippen LogP contribution in [-0.4, -0.2) is 20.4 Å². The molecule has 0 spiro atoms. The number of rotatable bonds is 6. The Labute approximate surface area is 118 Å². The molecular weight excluding hydrogens is 256 g/mol. The van der Waals surface area contributed by atoms with Crippen molar-refractivity contribution in [1.29, 1.82) is 0 Å². The summed E-state index contributed by atoms with van der Waals surface area (Å²) in [6.45, 7) is 5.14. The molecule has 0 radical (unpaired) electrons. The van der Waals surface area contributed by atoms with Crippen LogP contribution in [0.15, 0.2) is 41.6 Å². The van der Waals surface area contributed by atoms with E-state index in [0.717, 1.165) is 30.1 Å². The second kappa shape index (κ2) is 6.78. The van der Waals surface area contributed by atoms with Gasteiger partial charge in [-0.05, 0) is 29.9 Å². The Morgan fingerprint density at radius 1 is 1.26 bits per heavy atom. The average molecular weight is 276 g/mol. The van der Waals surface area contributed by atoms with E-state index in [-0.39, 0.29) is 0 Å². The number of hydrogen-bond donors (Lipinski definition) is 1. The lowest BCUT2D eigenvalue weighted by molar-refractivity contribution is 0.204. The number of imidazole rings is 1. The molecule has 1 atom stereocenters. The highest BCUT2D eigenvalue weighted by Crippen LogP contribution is 2.24. The zero-order valence-electron chi connectivity index (χ0n) is 11.4. The molecule has 4 heteroatoms. The highest BCUT2D eigenvalue weighted by Gasteiger charge is 2.15. The standard InChI is InChI=1S/C15H20N2OS/c1-3-10-17-11-9-16-15(17)14(18)12-5-7-13(8-6-12)19-4-2/h5-9,11,14,18H,3-4,10H2,1-2H3. The van der Waals surface area contributed by atoms with Crippen LogP contribution in [0, 0.1) is 0 Å². The zero-order chi connectivity index (χ0) is 13.7. The molecule has 1 unspecified atom stereocenters. The first-order valence-electron chi connectivity index (χ1n) is 6.68. The van der Waals surface area contributed by atoms with E-state index in [9.17, 15) is 5.11 Å². The number of benzene rings is 1. The topological polar surface area (TPSA) is 38.0 Å². The predicted molar refractivity (Wildman–Crippen MR) is 79.4 cm³/mol. The van der Waals surface area contributed by atoms with Gasteiger partial charge >= 0.3 is 0 Å². The normalized spacial score (nSPS) is 12.6. The van der Waals surface area contributed by atoms with Gasteiger partial charge < -0.3 is 9.67 Å². The van der Waals surface area contributed by atoms with Crippen molar-refractivity contribution in [3.63, 3.8) is 0 Å². The molecule has 0 aliphatic rings. The van der Waals surface area contributed by atoms with Crippen LogP contribution in [0.2, 0.25) is 0 Å². The van der Waals surface area contributed by atoms with Crippen molar-refractivity contribution >= 4 is 11.8 Å². The largest absolute Gasteiger partial charge is 0.380 e. The van der Waals surface area contributed by atoms with Crippen LogP contribution in [0.5, 0.6) is 0 Å². The molecule has 0 saturated heterocycles. The molecule has 0 aliphatic carbocycles. The number of thioether (sulfide) groups is 1. The maximum absolute atomic E-state index is 10.4. The second-order valence-corrected chi connectivity index (χ2v) is 5.72. The Balaban J connectivity index is 2.18. The van der Waals surface area contributed by atoms with E-state index in [2.05, 4.69) is 31.0 Å². The summed E-state index contributed by atoms with van der Waals surface area (Å²) in [7, 11) is 0. The van der Waals surface area contributed by atoms with E-state index in [1.54, 1.807) is 18.0 Å². The van der Waals surface area contributed by atoms with Crippen molar-refractivity contribution in [3.05, 3.63) is 48.0 Å². The van der Waals surface area contributed by atoms with Gasteiger partial charge in [0.25, 0.3) is 0 Å². The summed E-state index contributed by atoms with van der Waals surface area (Å²) >= 11 is 1.80. The fraction of sp³-hybridized carbons (Fsp3) is 0.400. The number of aliphatic hydroxyl groups is 1. The molecule has 0 amide bonds. The maximum Gasteiger partial charge on any atom is 0.142 e. The predicted octanol–water partition coefficient (Wildman–Crippen LogP) is 3.49. The summed E-state index contributed by atoms with van der Waals surface area (Å²) in [6.07, 6.45) is 4.04. The third-order valence-corrected chi connectivity index (χ3v) is 3.86. The van der Waals surface area contributed by atoms with Gasteiger partial charge in [-0.1, -0.05) is 26.0 Å². The van der Waals surface area contributed by atoms with Gasteiger partial charge in [-0.25, -0.2) is 4.98 Å². The van der Waals surface area contributed by atoms with E-state index in [0.29, 0.717) is 0 Å². The Bertz CT molecular complexity index is 507. The Kier molecular flexibility index (Phi) is 5.05. The Morgan fingerprint density at radius 3 is 2.63 bits per heavy atom. The second-order valence-electron chi connectivity index (χ2n) is 4.38. The van der Waals surface area contributed by atoms with Crippen LogP contribution in [0.3, 0.4) is 0 Å². The molecule has 102 valence electrons. The smallest absolute Gasteiger partial charge is 0.142 e. The molecule has 1 N–H and O–H groups in total. The monoisotopic (exact) mass is 276 g/mol. The number of aliphatic hydroxyl groups excluding tert-OH is 1. The third kappa shape index (κ3) is 3.39. The molecule has 1 aromatic carbocycles. The van der Waals surface area contributed by atoms with Crippen LogP contribution in [0.1, 0.15) is 37.8 Å². The van der Waals surface area contributed by atoms with Gasteiger partial charge in [-0.15, -0.1) is 11.8 Å². The summed E-state index contributed by atoms with van der Waals surface area (Å²) in [5, 5.41) is 10.4. The van der Waals surface area contributed by atoms with Crippen molar-refractivity contribution in [2.45, 2.75) is 37.8 Å². The van der Waals surface area contributed by atoms with Crippen molar-refractivity contribution in [2.24, 2.45) is 0 Å². The zero-order valence-corrected chi connectivity index (χ0v) is 12.2. The van der Waals surface area contributed by atoms with Crippen LogP contribution in [0.4, 0.5) is 0 Å². The van der Waals surface area contributed by atoms with Gasteiger partial charge in [0.2, 0.25) is 0 Å². The molecule has 0 saturated carbocycles. The van der Waals surface area contributed by atoms with Crippen LogP contribution in [-0.2, 0) is 6.54 Å². The van der Waals surface area contributed by atoms with E-state index in [1.165, 1.54) is 4.90 Å². The number of aryl methyl sites for hydroxylation is 1. The molecule has 2 rings (SSSR count). The minimum Gasteiger partial charge on any atom is -0.380 e. The molecule has 19 heavy (non-hydrogen) atoms. The van der Waals surface area contributed by atoms with E-state index < -0.39 is 6.10 Å². The Morgan fingerprint density at radius 2 is 2.00 bits per heavy atom. The lowest BCUT2D eigenvalue weighted by Gasteiger charge is -2.13. The minimum atomic E-state index is -0.651. The van der Waals surface area contributed by atoms with E-state index in [4.69, 9.17) is 0 Å². The molecule has 0 bridgehead atoms. The maximum atomic E-state index is 10.4. The summed E-state index contributed by atoms with van der Waals surface area (Å²) in [5.74, 6) is 1.78. The van der Waals surface area contributed by atoms with Gasteiger partial charge in [0, 0.05) is 23.8 Å². The van der Waals surface area contributed by atoms with Gasteiger partial charge in [-0.3, -0.25) is 0 Å². The SMILES string of the molecule is CCCn1ccnc1C(O)c1ccc(SCC)cc1. The van der Waals surface area contributed by atoms with Gasteiger partial charge in [0.05, 0.1) is 0 Å². The third-order valence-electron chi connectivity index (χ3n) is 2.96.